The van der Waals surface area contributed by atoms with E-state index < -0.39 is 11.6 Å². The lowest BCUT2D eigenvalue weighted by Crippen LogP contribution is -2.32. The van der Waals surface area contributed by atoms with Gasteiger partial charge in [-0.2, -0.15) is 5.26 Å². The van der Waals surface area contributed by atoms with E-state index >= 15 is 0 Å². The van der Waals surface area contributed by atoms with Gasteiger partial charge in [-0.05, 0) is 18.6 Å². The SMILES string of the molecule is N#Cc1ccc(NCC2CCC(=O)N2)c(F)c1F. The predicted octanol–water partition coefficient (Wildman–Crippen LogP) is 1.53. The van der Waals surface area contributed by atoms with Gasteiger partial charge in [0.2, 0.25) is 5.91 Å². The Morgan fingerprint density at radius 3 is 2.83 bits per heavy atom. The van der Waals surface area contributed by atoms with Crippen molar-refractivity contribution in [3.05, 3.63) is 29.3 Å². The molecule has 1 unspecified atom stereocenters. The average molecular weight is 251 g/mol. The van der Waals surface area contributed by atoms with Crippen LogP contribution in [0.15, 0.2) is 12.1 Å². The number of amides is 1. The molecule has 0 spiro atoms. The second-order valence-corrected chi connectivity index (χ2v) is 4.08. The summed E-state index contributed by atoms with van der Waals surface area (Å²) in [4.78, 5) is 11.0. The molecule has 1 aromatic carbocycles. The molecule has 0 radical (unpaired) electrons. The van der Waals surface area contributed by atoms with Crippen LogP contribution in [-0.4, -0.2) is 18.5 Å². The van der Waals surface area contributed by atoms with Crippen molar-refractivity contribution < 1.29 is 13.6 Å². The average Bonchev–Trinajstić information content (AvgIpc) is 2.77. The van der Waals surface area contributed by atoms with Crippen LogP contribution >= 0.6 is 0 Å². The Morgan fingerprint density at radius 2 is 2.22 bits per heavy atom. The van der Waals surface area contributed by atoms with Crippen LogP contribution < -0.4 is 10.6 Å². The summed E-state index contributed by atoms with van der Waals surface area (Å²) in [6.07, 6.45) is 1.13. The van der Waals surface area contributed by atoms with Crippen LogP contribution in [0.1, 0.15) is 18.4 Å². The molecule has 4 nitrogen and oxygen atoms in total. The first-order valence-corrected chi connectivity index (χ1v) is 5.53. The lowest BCUT2D eigenvalue weighted by molar-refractivity contribution is -0.119. The Balaban J connectivity index is 2.04. The molecular formula is C12H11F2N3O. The molecule has 2 rings (SSSR count). The normalized spacial score (nSPS) is 18.3. The smallest absolute Gasteiger partial charge is 0.220 e. The zero-order valence-electron chi connectivity index (χ0n) is 9.46. The predicted molar refractivity (Wildman–Crippen MR) is 60.7 cm³/mol. The van der Waals surface area contributed by atoms with Crippen molar-refractivity contribution in [2.45, 2.75) is 18.9 Å². The summed E-state index contributed by atoms with van der Waals surface area (Å²) in [5.74, 6) is -2.26. The van der Waals surface area contributed by atoms with Crippen molar-refractivity contribution in [1.82, 2.24) is 5.32 Å². The fraction of sp³-hybridized carbons (Fsp3) is 0.333. The van der Waals surface area contributed by atoms with E-state index in [2.05, 4.69) is 10.6 Å². The monoisotopic (exact) mass is 251 g/mol. The number of rotatable bonds is 3. The first-order chi connectivity index (χ1) is 8.61. The summed E-state index contributed by atoms with van der Waals surface area (Å²) in [5, 5.41) is 14.0. The molecule has 18 heavy (non-hydrogen) atoms. The highest BCUT2D eigenvalue weighted by Crippen LogP contribution is 2.20. The van der Waals surface area contributed by atoms with Gasteiger partial charge in [0.1, 0.15) is 6.07 Å². The molecule has 1 amide bonds. The number of nitriles is 1. The van der Waals surface area contributed by atoms with Gasteiger partial charge >= 0.3 is 0 Å². The highest BCUT2D eigenvalue weighted by atomic mass is 19.2. The lowest BCUT2D eigenvalue weighted by atomic mass is 10.2. The number of anilines is 1. The highest BCUT2D eigenvalue weighted by molar-refractivity contribution is 5.78. The van der Waals surface area contributed by atoms with Gasteiger partial charge in [-0.1, -0.05) is 0 Å². The number of hydrogen-bond acceptors (Lipinski definition) is 3. The van der Waals surface area contributed by atoms with Crippen LogP contribution in [0.5, 0.6) is 0 Å². The van der Waals surface area contributed by atoms with Gasteiger partial charge in [0.25, 0.3) is 0 Å². The third-order valence-electron chi connectivity index (χ3n) is 2.83. The van der Waals surface area contributed by atoms with Crippen molar-refractivity contribution in [3.63, 3.8) is 0 Å². The van der Waals surface area contributed by atoms with Gasteiger partial charge in [0.15, 0.2) is 11.6 Å². The summed E-state index contributed by atoms with van der Waals surface area (Å²) < 4.78 is 26.8. The summed E-state index contributed by atoms with van der Waals surface area (Å²) in [6, 6.07) is 4.02. The Bertz CT molecular complexity index is 525. The molecule has 94 valence electrons. The van der Waals surface area contributed by atoms with Gasteiger partial charge in [-0.15, -0.1) is 0 Å². The van der Waals surface area contributed by atoms with Crippen LogP contribution in [0.4, 0.5) is 14.5 Å². The van der Waals surface area contributed by atoms with Crippen molar-refractivity contribution in [3.8, 4) is 6.07 Å². The maximum Gasteiger partial charge on any atom is 0.220 e. The Morgan fingerprint density at radius 1 is 1.44 bits per heavy atom. The van der Waals surface area contributed by atoms with Crippen LogP contribution in [0.2, 0.25) is 0 Å². The minimum absolute atomic E-state index is 0.00681. The molecular weight excluding hydrogens is 240 g/mol. The van der Waals surface area contributed by atoms with Gasteiger partial charge in [0, 0.05) is 19.0 Å². The zero-order chi connectivity index (χ0) is 13.1. The van der Waals surface area contributed by atoms with Crippen LogP contribution in [0.25, 0.3) is 0 Å². The summed E-state index contributed by atoms with van der Waals surface area (Å²) >= 11 is 0. The molecule has 1 atom stereocenters. The maximum absolute atomic E-state index is 13.5. The molecule has 1 fully saturated rings. The Kier molecular flexibility index (Phi) is 3.42. The zero-order valence-corrected chi connectivity index (χ0v) is 9.46. The van der Waals surface area contributed by atoms with Gasteiger partial charge in [-0.25, -0.2) is 8.78 Å². The van der Waals surface area contributed by atoms with Crippen LogP contribution in [0.3, 0.4) is 0 Å². The van der Waals surface area contributed by atoms with Crippen molar-refractivity contribution >= 4 is 11.6 Å². The molecule has 0 bridgehead atoms. The number of carbonyl (C=O) groups excluding carboxylic acids is 1. The molecule has 0 saturated carbocycles. The van der Waals surface area contributed by atoms with Gasteiger partial charge in [-0.3, -0.25) is 4.79 Å². The van der Waals surface area contributed by atoms with E-state index in [4.69, 9.17) is 5.26 Å². The van der Waals surface area contributed by atoms with Crippen molar-refractivity contribution in [2.24, 2.45) is 0 Å². The number of hydrogen-bond donors (Lipinski definition) is 2. The second-order valence-electron chi connectivity index (χ2n) is 4.08. The number of nitrogens with zero attached hydrogens (tertiary/aromatic N) is 1. The van der Waals surface area contributed by atoms with E-state index in [-0.39, 0.29) is 23.2 Å². The van der Waals surface area contributed by atoms with Gasteiger partial charge in [0.05, 0.1) is 11.3 Å². The van der Waals surface area contributed by atoms with E-state index in [1.807, 2.05) is 0 Å². The molecule has 0 aliphatic carbocycles. The molecule has 6 heteroatoms. The van der Waals surface area contributed by atoms with Crippen LogP contribution in [-0.2, 0) is 4.79 Å². The summed E-state index contributed by atoms with van der Waals surface area (Å²) in [7, 11) is 0. The maximum atomic E-state index is 13.5. The van der Waals surface area contributed by atoms with Crippen LogP contribution in [0, 0.1) is 23.0 Å². The lowest BCUT2D eigenvalue weighted by Gasteiger charge is -2.13. The topological polar surface area (TPSA) is 64.9 Å². The quantitative estimate of drug-likeness (QED) is 0.856. The number of carbonyl (C=O) groups is 1. The minimum Gasteiger partial charge on any atom is -0.381 e. The molecule has 1 aliphatic heterocycles. The summed E-state index contributed by atoms with van der Waals surface area (Å²) in [6.45, 7) is 0.327. The summed E-state index contributed by atoms with van der Waals surface area (Å²) in [5.41, 5.74) is -0.333. The molecule has 1 aromatic rings. The molecule has 0 aromatic heterocycles. The Labute approximate surface area is 103 Å². The molecule has 2 N–H and O–H groups in total. The Hall–Kier alpha value is -2.16. The third kappa shape index (κ3) is 2.40. The van der Waals surface area contributed by atoms with E-state index in [9.17, 15) is 13.6 Å². The first-order valence-electron chi connectivity index (χ1n) is 5.53. The fourth-order valence-electron chi connectivity index (χ4n) is 1.84. The minimum atomic E-state index is -1.15. The number of nitrogens with one attached hydrogen (secondary N) is 2. The van der Waals surface area contributed by atoms with Crippen molar-refractivity contribution in [2.75, 3.05) is 11.9 Å². The number of benzene rings is 1. The molecule has 1 heterocycles. The third-order valence-corrected chi connectivity index (χ3v) is 2.83. The van der Waals surface area contributed by atoms with Gasteiger partial charge < -0.3 is 10.6 Å². The number of halogens is 2. The fourth-order valence-corrected chi connectivity index (χ4v) is 1.84. The standard InChI is InChI=1S/C12H11F2N3O/c13-11-7(5-15)1-3-9(12(11)14)16-6-8-2-4-10(18)17-8/h1,3,8,16H,2,4,6H2,(H,17,18). The van der Waals surface area contributed by atoms with Crippen molar-refractivity contribution in [1.29, 1.82) is 5.26 Å². The van der Waals surface area contributed by atoms with E-state index in [0.717, 1.165) is 0 Å². The van der Waals surface area contributed by atoms with E-state index in [1.165, 1.54) is 12.1 Å². The molecule has 1 aliphatic rings. The van der Waals surface area contributed by atoms with E-state index in [1.54, 1.807) is 6.07 Å². The second kappa shape index (κ2) is 5.00. The highest BCUT2D eigenvalue weighted by Gasteiger charge is 2.21. The molecule has 1 saturated heterocycles. The first kappa shape index (κ1) is 12.3. The largest absolute Gasteiger partial charge is 0.381 e. The van der Waals surface area contributed by atoms with E-state index in [0.29, 0.717) is 19.4 Å².